The Balaban J connectivity index is 1.55. The smallest absolute Gasteiger partial charge is 0.230 e. The number of benzene rings is 2. The number of hydrogen-bond donors (Lipinski definition) is 1. The Morgan fingerprint density at radius 2 is 1.87 bits per heavy atom. The summed E-state index contributed by atoms with van der Waals surface area (Å²) in [5.74, 6) is 1.75. The van der Waals surface area contributed by atoms with Gasteiger partial charge in [-0.25, -0.2) is 4.98 Å². The molecular formula is C24H28N2O3S. The molecule has 158 valence electrons. The second kappa shape index (κ2) is 10.3. The first-order valence-electron chi connectivity index (χ1n) is 10.0. The van der Waals surface area contributed by atoms with E-state index < -0.39 is 0 Å². The minimum atomic E-state index is 0.00772. The monoisotopic (exact) mass is 424 g/mol. The summed E-state index contributed by atoms with van der Waals surface area (Å²) in [6.07, 6.45) is 1.62. The lowest BCUT2D eigenvalue weighted by Crippen LogP contribution is -2.27. The van der Waals surface area contributed by atoms with Gasteiger partial charge >= 0.3 is 0 Å². The van der Waals surface area contributed by atoms with Crippen molar-refractivity contribution in [2.75, 3.05) is 26.5 Å². The Labute approximate surface area is 182 Å². The van der Waals surface area contributed by atoms with Crippen molar-refractivity contribution >= 4 is 28.6 Å². The number of nitrogens with one attached hydrogen (secondary N) is 1. The van der Waals surface area contributed by atoms with Crippen LogP contribution in [0.3, 0.4) is 0 Å². The molecule has 0 spiro atoms. The standard InChI is InChI=1S/C24H28N2O3S/c1-5-18-14-19-12-16(2)6-8-20(19)26-24(18)30-15-23(27)25-11-10-17-7-9-21(28-3)22(13-17)29-4/h6-9,12-14H,5,10-11,15H2,1-4H3,(H,25,27). The highest BCUT2D eigenvalue weighted by molar-refractivity contribution is 7.99. The van der Waals surface area contributed by atoms with Crippen molar-refractivity contribution in [3.63, 3.8) is 0 Å². The Hall–Kier alpha value is -2.73. The van der Waals surface area contributed by atoms with E-state index in [9.17, 15) is 4.79 Å². The van der Waals surface area contributed by atoms with Crippen molar-refractivity contribution in [1.29, 1.82) is 0 Å². The highest BCUT2D eigenvalue weighted by atomic mass is 32.2. The van der Waals surface area contributed by atoms with Crippen LogP contribution in [0.2, 0.25) is 0 Å². The molecule has 30 heavy (non-hydrogen) atoms. The van der Waals surface area contributed by atoms with Gasteiger partial charge in [-0.2, -0.15) is 0 Å². The van der Waals surface area contributed by atoms with E-state index in [-0.39, 0.29) is 5.91 Å². The number of pyridine rings is 1. The molecule has 0 aliphatic rings. The van der Waals surface area contributed by atoms with Gasteiger partial charge in [-0.15, -0.1) is 0 Å². The molecule has 0 fully saturated rings. The average molecular weight is 425 g/mol. The van der Waals surface area contributed by atoms with Gasteiger partial charge in [0, 0.05) is 11.9 Å². The Morgan fingerprint density at radius 3 is 2.60 bits per heavy atom. The SMILES string of the molecule is CCc1cc2cc(C)ccc2nc1SCC(=O)NCCc1ccc(OC)c(OC)c1. The number of fused-ring (bicyclic) bond motifs is 1. The quantitative estimate of drug-likeness (QED) is 0.510. The number of carbonyl (C=O) groups excluding carboxylic acids is 1. The number of methoxy groups -OCH3 is 2. The topological polar surface area (TPSA) is 60.5 Å². The number of ether oxygens (including phenoxy) is 2. The van der Waals surface area contributed by atoms with Crippen LogP contribution < -0.4 is 14.8 Å². The van der Waals surface area contributed by atoms with Crippen LogP contribution >= 0.6 is 11.8 Å². The van der Waals surface area contributed by atoms with Crippen molar-refractivity contribution in [2.24, 2.45) is 0 Å². The number of aromatic nitrogens is 1. The van der Waals surface area contributed by atoms with E-state index in [1.54, 1.807) is 14.2 Å². The molecule has 0 unspecified atom stereocenters. The maximum absolute atomic E-state index is 12.3. The lowest BCUT2D eigenvalue weighted by Gasteiger charge is -2.11. The highest BCUT2D eigenvalue weighted by Gasteiger charge is 2.10. The predicted molar refractivity (Wildman–Crippen MR) is 123 cm³/mol. The third-order valence-corrected chi connectivity index (χ3v) is 5.95. The summed E-state index contributed by atoms with van der Waals surface area (Å²) in [4.78, 5) is 17.1. The van der Waals surface area contributed by atoms with Gasteiger partial charge in [0.15, 0.2) is 11.5 Å². The van der Waals surface area contributed by atoms with Crippen LogP contribution in [0.15, 0.2) is 47.5 Å². The van der Waals surface area contributed by atoms with Crippen LogP contribution in [-0.4, -0.2) is 37.4 Å². The first-order chi connectivity index (χ1) is 14.5. The summed E-state index contributed by atoms with van der Waals surface area (Å²) < 4.78 is 10.6. The molecule has 5 nitrogen and oxygen atoms in total. The van der Waals surface area contributed by atoms with E-state index >= 15 is 0 Å². The van der Waals surface area contributed by atoms with Gasteiger partial charge in [-0.3, -0.25) is 4.79 Å². The van der Waals surface area contributed by atoms with Crippen molar-refractivity contribution in [2.45, 2.75) is 31.7 Å². The van der Waals surface area contributed by atoms with E-state index in [1.165, 1.54) is 22.9 Å². The molecule has 0 bridgehead atoms. The largest absolute Gasteiger partial charge is 0.493 e. The number of amides is 1. The summed E-state index contributed by atoms with van der Waals surface area (Å²) in [7, 11) is 3.23. The van der Waals surface area contributed by atoms with E-state index in [0.717, 1.165) is 34.3 Å². The molecule has 1 amide bonds. The lowest BCUT2D eigenvalue weighted by molar-refractivity contribution is -0.118. The third kappa shape index (κ3) is 5.45. The van der Waals surface area contributed by atoms with Gasteiger partial charge in [-0.05, 0) is 61.2 Å². The second-order valence-electron chi connectivity index (χ2n) is 7.08. The molecule has 3 aromatic rings. The Morgan fingerprint density at radius 1 is 1.07 bits per heavy atom. The van der Waals surface area contributed by atoms with Crippen LogP contribution in [-0.2, 0) is 17.6 Å². The number of hydrogen-bond acceptors (Lipinski definition) is 5. The van der Waals surface area contributed by atoms with Crippen molar-refractivity contribution in [1.82, 2.24) is 10.3 Å². The number of nitrogens with zero attached hydrogens (tertiary/aromatic N) is 1. The molecule has 0 atom stereocenters. The van der Waals surface area contributed by atoms with Gasteiger partial charge in [0.1, 0.15) is 5.03 Å². The first kappa shape index (κ1) is 22.0. The fourth-order valence-corrected chi connectivity index (χ4v) is 4.19. The van der Waals surface area contributed by atoms with Crippen molar-refractivity contribution in [3.8, 4) is 11.5 Å². The highest BCUT2D eigenvalue weighted by Crippen LogP contribution is 2.28. The van der Waals surface area contributed by atoms with E-state index in [1.807, 2.05) is 24.3 Å². The van der Waals surface area contributed by atoms with Crippen LogP contribution in [0, 0.1) is 6.92 Å². The third-order valence-electron chi connectivity index (χ3n) is 4.91. The predicted octanol–water partition coefficient (Wildman–Crippen LogP) is 4.57. The molecule has 0 aliphatic heterocycles. The van der Waals surface area contributed by atoms with Crippen LogP contribution in [0.1, 0.15) is 23.6 Å². The second-order valence-corrected chi connectivity index (χ2v) is 8.04. The number of aryl methyl sites for hydroxylation is 2. The zero-order valence-electron chi connectivity index (χ0n) is 18.0. The minimum Gasteiger partial charge on any atom is -0.493 e. The molecule has 0 radical (unpaired) electrons. The Bertz CT molecular complexity index is 1040. The summed E-state index contributed by atoms with van der Waals surface area (Å²) in [6.45, 7) is 4.77. The fraction of sp³-hybridized carbons (Fsp3) is 0.333. The number of rotatable bonds is 9. The van der Waals surface area contributed by atoms with E-state index in [0.29, 0.717) is 23.8 Å². The van der Waals surface area contributed by atoms with Crippen molar-refractivity contribution in [3.05, 3.63) is 59.2 Å². The molecule has 1 aromatic heterocycles. The molecule has 0 aliphatic carbocycles. The van der Waals surface area contributed by atoms with Gasteiger partial charge in [0.05, 0.1) is 25.5 Å². The zero-order chi connectivity index (χ0) is 21.5. The van der Waals surface area contributed by atoms with Gasteiger partial charge in [-0.1, -0.05) is 36.4 Å². The number of carbonyl (C=O) groups is 1. The van der Waals surface area contributed by atoms with Gasteiger partial charge in [0.2, 0.25) is 5.91 Å². The van der Waals surface area contributed by atoms with Crippen LogP contribution in [0.25, 0.3) is 10.9 Å². The van der Waals surface area contributed by atoms with Crippen LogP contribution in [0.5, 0.6) is 11.5 Å². The number of thioether (sulfide) groups is 1. The first-order valence-corrected chi connectivity index (χ1v) is 11.0. The maximum Gasteiger partial charge on any atom is 0.230 e. The summed E-state index contributed by atoms with van der Waals surface area (Å²) >= 11 is 1.50. The molecule has 3 rings (SSSR count). The molecular weight excluding hydrogens is 396 g/mol. The fourth-order valence-electron chi connectivity index (χ4n) is 3.27. The molecule has 0 saturated heterocycles. The Kier molecular flexibility index (Phi) is 7.57. The van der Waals surface area contributed by atoms with Crippen molar-refractivity contribution < 1.29 is 14.3 Å². The average Bonchev–Trinajstić information content (AvgIpc) is 2.76. The lowest BCUT2D eigenvalue weighted by atomic mass is 10.1. The summed E-state index contributed by atoms with van der Waals surface area (Å²) in [6, 6.07) is 14.2. The normalized spacial score (nSPS) is 10.8. The molecule has 6 heteroatoms. The van der Waals surface area contributed by atoms with Crippen LogP contribution in [0.4, 0.5) is 0 Å². The minimum absolute atomic E-state index is 0.00772. The van der Waals surface area contributed by atoms with E-state index in [4.69, 9.17) is 14.5 Å². The van der Waals surface area contributed by atoms with E-state index in [2.05, 4.69) is 37.4 Å². The zero-order valence-corrected chi connectivity index (χ0v) is 18.8. The molecule has 0 saturated carbocycles. The van der Waals surface area contributed by atoms with Gasteiger partial charge in [0.25, 0.3) is 0 Å². The summed E-state index contributed by atoms with van der Waals surface area (Å²) in [5, 5.41) is 5.07. The summed E-state index contributed by atoms with van der Waals surface area (Å²) in [5.41, 5.74) is 4.45. The van der Waals surface area contributed by atoms with Gasteiger partial charge < -0.3 is 14.8 Å². The molecule has 1 heterocycles. The molecule has 1 N–H and O–H groups in total. The molecule has 2 aromatic carbocycles. The maximum atomic E-state index is 12.3.